The highest BCUT2D eigenvalue weighted by atomic mass is 32.1. The summed E-state index contributed by atoms with van der Waals surface area (Å²) in [6.45, 7) is 7.42. The van der Waals surface area contributed by atoms with Crippen molar-refractivity contribution in [2.45, 2.75) is 40.5 Å². The topological polar surface area (TPSA) is 103 Å². The second-order valence-electron chi connectivity index (χ2n) is 5.60. The predicted octanol–water partition coefficient (Wildman–Crippen LogP) is 2.53. The normalized spacial score (nSPS) is 10.9. The molecule has 8 nitrogen and oxygen atoms in total. The Hall–Kier alpha value is -2.46. The molecule has 0 radical (unpaired) electrons. The van der Waals surface area contributed by atoms with Crippen molar-refractivity contribution in [1.82, 2.24) is 25.0 Å². The molecule has 10 heteroatoms. The van der Waals surface area contributed by atoms with Crippen LogP contribution in [0.1, 0.15) is 45.5 Å². The molecular formula is C16H18N6O2S2. The first-order valence-electron chi connectivity index (χ1n) is 8.14. The lowest BCUT2D eigenvalue weighted by Gasteiger charge is -2.13. The summed E-state index contributed by atoms with van der Waals surface area (Å²) >= 11 is 2.67. The van der Waals surface area contributed by atoms with E-state index in [0.717, 1.165) is 22.9 Å². The van der Waals surface area contributed by atoms with Gasteiger partial charge in [-0.25, -0.2) is 0 Å². The Morgan fingerprint density at radius 2 is 1.73 bits per heavy atom. The number of anilines is 1. The zero-order chi connectivity index (χ0) is 18.8. The van der Waals surface area contributed by atoms with Gasteiger partial charge in [0.25, 0.3) is 11.5 Å². The van der Waals surface area contributed by atoms with Gasteiger partial charge in [0.2, 0.25) is 10.3 Å². The summed E-state index contributed by atoms with van der Waals surface area (Å²) in [5.74, 6) is -0.326. The van der Waals surface area contributed by atoms with Crippen LogP contribution in [0.2, 0.25) is 0 Å². The molecule has 1 amide bonds. The molecule has 0 spiro atoms. The SMILES string of the molecule is CCc1nnc(NC(=O)c2c(C)cc(=O)n(-c3nnc(CC)s3)c2C)s1. The first kappa shape index (κ1) is 18.3. The molecule has 136 valence electrons. The van der Waals surface area contributed by atoms with Crippen LogP contribution in [0.15, 0.2) is 10.9 Å². The van der Waals surface area contributed by atoms with Crippen LogP contribution in [0.5, 0.6) is 0 Å². The molecule has 3 aromatic heterocycles. The highest BCUT2D eigenvalue weighted by Gasteiger charge is 2.20. The molecule has 3 rings (SSSR count). The second kappa shape index (κ2) is 7.42. The maximum Gasteiger partial charge on any atom is 0.259 e. The van der Waals surface area contributed by atoms with Crippen LogP contribution in [0.3, 0.4) is 0 Å². The molecule has 0 aliphatic rings. The zero-order valence-corrected chi connectivity index (χ0v) is 16.5. The number of aromatic nitrogens is 5. The number of aryl methyl sites for hydroxylation is 3. The third-order valence-corrected chi connectivity index (χ3v) is 5.85. The van der Waals surface area contributed by atoms with Crippen molar-refractivity contribution in [3.63, 3.8) is 0 Å². The minimum Gasteiger partial charge on any atom is -0.296 e. The summed E-state index contributed by atoms with van der Waals surface area (Å²) in [6.07, 6.45) is 1.49. The van der Waals surface area contributed by atoms with Gasteiger partial charge in [0.15, 0.2) is 0 Å². The van der Waals surface area contributed by atoms with E-state index >= 15 is 0 Å². The summed E-state index contributed by atoms with van der Waals surface area (Å²) in [5.41, 5.74) is 1.30. The van der Waals surface area contributed by atoms with Crippen LogP contribution in [-0.4, -0.2) is 30.9 Å². The van der Waals surface area contributed by atoms with Crippen LogP contribution in [-0.2, 0) is 12.8 Å². The Bertz CT molecular complexity index is 1020. The largest absolute Gasteiger partial charge is 0.296 e. The molecule has 3 heterocycles. The average Bonchev–Trinajstić information content (AvgIpc) is 3.23. The molecule has 0 fully saturated rings. The van der Waals surface area contributed by atoms with Gasteiger partial charge in [-0.1, -0.05) is 36.5 Å². The third kappa shape index (κ3) is 3.42. The average molecular weight is 390 g/mol. The van der Waals surface area contributed by atoms with E-state index in [0.29, 0.717) is 27.1 Å². The Morgan fingerprint density at radius 3 is 2.35 bits per heavy atom. The fourth-order valence-electron chi connectivity index (χ4n) is 2.55. The van der Waals surface area contributed by atoms with Crippen LogP contribution in [0.4, 0.5) is 5.13 Å². The summed E-state index contributed by atoms with van der Waals surface area (Å²) in [4.78, 5) is 25.3. The molecule has 0 saturated carbocycles. The smallest absolute Gasteiger partial charge is 0.259 e. The van der Waals surface area contributed by atoms with Crippen LogP contribution in [0, 0.1) is 13.8 Å². The molecule has 26 heavy (non-hydrogen) atoms. The van der Waals surface area contributed by atoms with E-state index in [4.69, 9.17) is 0 Å². The van der Waals surface area contributed by atoms with Crippen LogP contribution < -0.4 is 10.9 Å². The van der Waals surface area contributed by atoms with Gasteiger partial charge in [-0.3, -0.25) is 19.5 Å². The quantitative estimate of drug-likeness (QED) is 0.718. The number of carbonyl (C=O) groups excluding carboxylic acids is 1. The molecular weight excluding hydrogens is 372 g/mol. The van der Waals surface area contributed by atoms with E-state index in [2.05, 4.69) is 25.7 Å². The Kier molecular flexibility index (Phi) is 5.23. The Balaban J connectivity index is 2.02. The number of amides is 1. The van der Waals surface area contributed by atoms with E-state index in [1.165, 1.54) is 33.3 Å². The maximum absolute atomic E-state index is 12.8. The third-order valence-electron chi connectivity index (χ3n) is 3.82. The van der Waals surface area contributed by atoms with Gasteiger partial charge < -0.3 is 0 Å². The monoisotopic (exact) mass is 390 g/mol. The van der Waals surface area contributed by atoms with Gasteiger partial charge in [-0.2, -0.15) is 0 Å². The standard InChI is InChI=1S/C16H18N6O2S2/c1-5-10-18-20-15(25-10)17-14(24)13-8(3)7-12(23)22(9(13)4)16-21-19-11(6-2)26-16/h7H,5-6H2,1-4H3,(H,17,20,24). The maximum atomic E-state index is 12.8. The minimum absolute atomic E-state index is 0.237. The highest BCUT2D eigenvalue weighted by molar-refractivity contribution is 7.15. The number of pyridine rings is 1. The van der Waals surface area contributed by atoms with Crippen molar-refractivity contribution < 1.29 is 4.79 Å². The lowest BCUT2D eigenvalue weighted by molar-refractivity contribution is 0.102. The second-order valence-corrected chi connectivity index (χ2v) is 7.70. The van der Waals surface area contributed by atoms with Crippen molar-refractivity contribution >= 4 is 33.7 Å². The Morgan fingerprint density at radius 1 is 1.08 bits per heavy atom. The molecule has 0 aliphatic carbocycles. The number of rotatable bonds is 5. The number of hydrogen-bond acceptors (Lipinski definition) is 8. The molecule has 0 unspecified atom stereocenters. The molecule has 0 aromatic carbocycles. The molecule has 0 atom stereocenters. The van der Waals surface area contributed by atoms with Gasteiger partial charge in [0.05, 0.1) is 5.56 Å². The van der Waals surface area contributed by atoms with Crippen molar-refractivity contribution in [2.75, 3.05) is 5.32 Å². The van der Waals surface area contributed by atoms with Gasteiger partial charge >= 0.3 is 0 Å². The Labute approximate surface area is 157 Å². The van der Waals surface area contributed by atoms with Crippen LogP contribution >= 0.6 is 22.7 Å². The number of nitrogens with zero attached hydrogens (tertiary/aromatic N) is 5. The summed E-state index contributed by atoms with van der Waals surface area (Å²) in [6, 6.07) is 1.44. The van der Waals surface area contributed by atoms with E-state index in [1.54, 1.807) is 13.8 Å². The number of hydrogen-bond donors (Lipinski definition) is 1. The van der Waals surface area contributed by atoms with Crippen molar-refractivity contribution in [1.29, 1.82) is 0 Å². The number of nitrogens with one attached hydrogen (secondary N) is 1. The molecule has 0 saturated heterocycles. The summed E-state index contributed by atoms with van der Waals surface area (Å²) in [5, 5.41) is 21.5. The fraction of sp³-hybridized carbons (Fsp3) is 0.375. The molecule has 0 aliphatic heterocycles. The lowest BCUT2D eigenvalue weighted by Crippen LogP contribution is -2.26. The fourth-order valence-corrected chi connectivity index (χ4v) is 4.06. The summed E-state index contributed by atoms with van der Waals surface area (Å²) in [7, 11) is 0. The van der Waals surface area contributed by atoms with Gasteiger partial charge in [-0.05, 0) is 32.3 Å². The first-order chi connectivity index (χ1) is 12.4. The van der Waals surface area contributed by atoms with Gasteiger partial charge in [-0.15, -0.1) is 20.4 Å². The van der Waals surface area contributed by atoms with E-state index < -0.39 is 0 Å². The van der Waals surface area contributed by atoms with E-state index in [9.17, 15) is 9.59 Å². The molecule has 3 aromatic rings. The van der Waals surface area contributed by atoms with Crippen molar-refractivity contribution in [2.24, 2.45) is 0 Å². The summed E-state index contributed by atoms with van der Waals surface area (Å²) < 4.78 is 1.43. The van der Waals surface area contributed by atoms with Crippen molar-refractivity contribution in [3.05, 3.63) is 43.3 Å². The van der Waals surface area contributed by atoms with Gasteiger partial charge in [0, 0.05) is 11.8 Å². The number of carbonyl (C=O) groups is 1. The van der Waals surface area contributed by atoms with E-state index in [-0.39, 0.29) is 11.5 Å². The molecule has 0 bridgehead atoms. The van der Waals surface area contributed by atoms with E-state index in [1.807, 2.05) is 13.8 Å². The predicted molar refractivity (Wildman–Crippen MR) is 102 cm³/mol. The highest BCUT2D eigenvalue weighted by Crippen LogP contribution is 2.21. The first-order valence-corrected chi connectivity index (χ1v) is 9.77. The zero-order valence-electron chi connectivity index (χ0n) is 14.9. The van der Waals surface area contributed by atoms with Gasteiger partial charge in [0.1, 0.15) is 10.0 Å². The minimum atomic E-state index is -0.326. The lowest BCUT2D eigenvalue weighted by atomic mass is 10.1. The van der Waals surface area contributed by atoms with Crippen LogP contribution in [0.25, 0.3) is 5.13 Å². The molecule has 1 N–H and O–H groups in total. The van der Waals surface area contributed by atoms with Crippen molar-refractivity contribution in [3.8, 4) is 5.13 Å².